The second-order valence-corrected chi connectivity index (χ2v) is 5.23. The summed E-state index contributed by atoms with van der Waals surface area (Å²) in [5.74, 6) is 1.63. The Morgan fingerprint density at radius 1 is 1.35 bits per heavy atom. The molecule has 4 nitrogen and oxygen atoms in total. The molecule has 2 aliphatic rings. The molecule has 0 bridgehead atoms. The van der Waals surface area contributed by atoms with Gasteiger partial charge in [0, 0.05) is 18.9 Å². The zero-order chi connectivity index (χ0) is 13.3. The predicted molar refractivity (Wildman–Crippen MR) is 79.3 cm³/mol. The van der Waals surface area contributed by atoms with E-state index in [1.54, 1.807) is 0 Å². The van der Waals surface area contributed by atoms with E-state index in [0.29, 0.717) is 24.3 Å². The van der Waals surface area contributed by atoms with Crippen LogP contribution in [-0.2, 0) is 0 Å². The number of hydrogen-bond donors (Lipinski definition) is 1. The average molecular weight is 298 g/mol. The number of hydrogen-bond acceptors (Lipinski definition) is 4. The number of Topliss-reactive ketones (excluding diaryl/α,β-unsaturated/α-hetero) is 1. The smallest absolute Gasteiger partial charge is 0.170 e. The minimum absolute atomic E-state index is 0. The fourth-order valence-corrected chi connectivity index (χ4v) is 2.89. The van der Waals surface area contributed by atoms with Gasteiger partial charge < -0.3 is 14.8 Å². The highest BCUT2D eigenvalue weighted by Crippen LogP contribution is 2.39. The van der Waals surface area contributed by atoms with Gasteiger partial charge in [-0.05, 0) is 32.1 Å². The van der Waals surface area contributed by atoms with E-state index in [0.717, 1.165) is 31.7 Å². The molecule has 3 rings (SSSR count). The predicted octanol–water partition coefficient (Wildman–Crippen LogP) is 2.59. The van der Waals surface area contributed by atoms with Crippen molar-refractivity contribution in [3.63, 3.8) is 0 Å². The zero-order valence-corrected chi connectivity index (χ0v) is 12.4. The van der Waals surface area contributed by atoms with Gasteiger partial charge in [-0.2, -0.15) is 0 Å². The molecule has 0 atom stereocenters. The van der Waals surface area contributed by atoms with E-state index < -0.39 is 0 Å². The summed E-state index contributed by atoms with van der Waals surface area (Å²) in [6, 6.07) is 5.50. The van der Waals surface area contributed by atoms with Gasteiger partial charge in [-0.1, -0.05) is 0 Å². The molecule has 0 aliphatic carbocycles. The summed E-state index contributed by atoms with van der Waals surface area (Å²) in [5.41, 5.74) is 0.382. The van der Waals surface area contributed by atoms with Gasteiger partial charge in [-0.3, -0.25) is 4.79 Å². The second kappa shape index (κ2) is 6.02. The molecule has 110 valence electrons. The summed E-state index contributed by atoms with van der Waals surface area (Å²) >= 11 is 0. The number of carbonyl (C=O) groups excluding carboxylic acids is 1. The molecule has 1 aromatic carbocycles. The summed E-state index contributed by atoms with van der Waals surface area (Å²) in [6.45, 7) is 4.38. The Hall–Kier alpha value is -1.26. The molecule has 1 fully saturated rings. The van der Waals surface area contributed by atoms with E-state index in [1.165, 1.54) is 0 Å². The van der Waals surface area contributed by atoms with Crippen molar-refractivity contribution in [2.24, 2.45) is 0 Å². The highest BCUT2D eigenvalue weighted by Gasteiger charge is 2.41. The lowest BCUT2D eigenvalue weighted by molar-refractivity contribution is 0.0186. The van der Waals surface area contributed by atoms with Crippen molar-refractivity contribution in [2.75, 3.05) is 19.7 Å². The van der Waals surface area contributed by atoms with Gasteiger partial charge in [0.15, 0.2) is 5.78 Å². The molecule has 0 unspecified atom stereocenters. The van der Waals surface area contributed by atoms with Crippen LogP contribution in [0.1, 0.15) is 36.5 Å². The van der Waals surface area contributed by atoms with E-state index >= 15 is 0 Å². The third-order valence-electron chi connectivity index (χ3n) is 3.89. The largest absolute Gasteiger partial charge is 0.494 e. The van der Waals surface area contributed by atoms with Crippen molar-refractivity contribution < 1.29 is 14.3 Å². The van der Waals surface area contributed by atoms with Crippen LogP contribution < -0.4 is 14.8 Å². The van der Waals surface area contributed by atoms with E-state index in [-0.39, 0.29) is 23.8 Å². The maximum absolute atomic E-state index is 12.3. The summed E-state index contributed by atoms with van der Waals surface area (Å²) in [5, 5.41) is 3.31. The van der Waals surface area contributed by atoms with Gasteiger partial charge in [0.2, 0.25) is 0 Å². The van der Waals surface area contributed by atoms with Crippen LogP contribution >= 0.6 is 12.4 Å². The van der Waals surface area contributed by atoms with Crippen LogP contribution in [0.5, 0.6) is 11.5 Å². The Morgan fingerprint density at radius 3 is 2.80 bits per heavy atom. The molecule has 0 amide bonds. The maximum Gasteiger partial charge on any atom is 0.170 e. The van der Waals surface area contributed by atoms with Crippen molar-refractivity contribution in [3.05, 3.63) is 23.8 Å². The molecule has 2 heterocycles. The molecule has 1 saturated heterocycles. The Kier molecular flexibility index (Phi) is 4.55. The van der Waals surface area contributed by atoms with Gasteiger partial charge in [0.05, 0.1) is 18.6 Å². The number of piperidine rings is 1. The Bertz CT molecular complexity index is 498. The Balaban J connectivity index is 0.00000147. The van der Waals surface area contributed by atoms with Gasteiger partial charge in [-0.15, -0.1) is 12.4 Å². The SMILES string of the molecule is CCOc1ccc2c(c1)OC1(CCNCC1)CC2=O.Cl. The van der Waals surface area contributed by atoms with E-state index in [4.69, 9.17) is 9.47 Å². The molecule has 5 heteroatoms. The molecule has 2 aliphatic heterocycles. The van der Waals surface area contributed by atoms with Crippen molar-refractivity contribution in [2.45, 2.75) is 31.8 Å². The first kappa shape index (κ1) is 15.1. The van der Waals surface area contributed by atoms with Crippen molar-refractivity contribution in [1.82, 2.24) is 5.32 Å². The Morgan fingerprint density at radius 2 is 2.10 bits per heavy atom. The summed E-state index contributed by atoms with van der Waals surface area (Å²) < 4.78 is 11.7. The number of carbonyl (C=O) groups is 1. The number of ether oxygens (including phenoxy) is 2. The third-order valence-corrected chi connectivity index (χ3v) is 3.89. The molecule has 1 aromatic rings. The molecular weight excluding hydrogens is 278 g/mol. The highest BCUT2D eigenvalue weighted by molar-refractivity contribution is 6.00. The first-order chi connectivity index (χ1) is 9.22. The van der Waals surface area contributed by atoms with E-state index in [9.17, 15) is 4.79 Å². The molecule has 0 aromatic heterocycles. The lowest BCUT2D eigenvalue weighted by Gasteiger charge is -2.40. The maximum atomic E-state index is 12.3. The average Bonchev–Trinajstić information content (AvgIpc) is 2.39. The van der Waals surface area contributed by atoms with Crippen LogP contribution in [0.3, 0.4) is 0 Å². The quantitative estimate of drug-likeness (QED) is 0.911. The number of halogens is 1. The minimum Gasteiger partial charge on any atom is -0.494 e. The monoisotopic (exact) mass is 297 g/mol. The fourth-order valence-electron chi connectivity index (χ4n) is 2.89. The van der Waals surface area contributed by atoms with Crippen LogP contribution in [0, 0.1) is 0 Å². The molecule has 0 saturated carbocycles. The normalized spacial score (nSPS) is 19.8. The summed E-state index contributed by atoms with van der Waals surface area (Å²) in [4.78, 5) is 12.3. The number of benzene rings is 1. The summed E-state index contributed by atoms with van der Waals surface area (Å²) in [6.07, 6.45) is 2.27. The van der Waals surface area contributed by atoms with Gasteiger partial charge in [0.25, 0.3) is 0 Å². The number of rotatable bonds is 2. The zero-order valence-electron chi connectivity index (χ0n) is 11.6. The lowest BCUT2D eigenvalue weighted by atomic mass is 9.83. The van der Waals surface area contributed by atoms with Gasteiger partial charge >= 0.3 is 0 Å². The topological polar surface area (TPSA) is 47.6 Å². The van der Waals surface area contributed by atoms with Crippen molar-refractivity contribution in [1.29, 1.82) is 0 Å². The first-order valence-corrected chi connectivity index (χ1v) is 6.92. The van der Waals surface area contributed by atoms with Crippen LogP contribution in [0.2, 0.25) is 0 Å². The van der Waals surface area contributed by atoms with Gasteiger partial charge in [0.1, 0.15) is 17.1 Å². The standard InChI is InChI=1S/C15H19NO3.ClH/c1-2-18-11-3-4-12-13(17)10-15(19-14(12)9-11)5-7-16-8-6-15;/h3-4,9,16H,2,5-8,10H2,1H3;1H. The van der Waals surface area contributed by atoms with E-state index in [2.05, 4.69) is 5.32 Å². The van der Waals surface area contributed by atoms with Gasteiger partial charge in [-0.25, -0.2) is 0 Å². The number of ketones is 1. The molecule has 20 heavy (non-hydrogen) atoms. The van der Waals surface area contributed by atoms with Crippen LogP contribution in [-0.4, -0.2) is 31.1 Å². The first-order valence-electron chi connectivity index (χ1n) is 6.92. The third kappa shape index (κ3) is 2.76. The van der Waals surface area contributed by atoms with Crippen LogP contribution in [0.25, 0.3) is 0 Å². The molecule has 1 N–H and O–H groups in total. The Labute approximate surface area is 125 Å². The highest BCUT2D eigenvalue weighted by atomic mass is 35.5. The van der Waals surface area contributed by atoms with Crippen LogP contribution in [0.15, 0.2) is 18.2 Å². The second-order valence-electron chi connectivity index (χ2n) is 5.23. The minimum atomic E-state index is -0.305. The molecule has 1 spiro atoms. The fraction of sp³-hybridized carbons (Fsp3) is 0.533. The van der Waals surface area contributed by atoms with Crippen molar-refractivity contribution in [3.8, 4) is 11.5 Å². The van der Waals surface area contributed by atoms with E-state index in [1.807, 2.05) is 25.1 Å². The molecule has 0 radical (unpaired) electrons. The van der Waals surface area contributed by atoms with Crippen LogP contribution in [0.4, 0.5) is 0 Å². The number of fused-ring (bicyclic) bond motifs is 1. The summed E-state index contributed by atoms with van der Waals surface area (Å²) in [7, 11) is 0. The molecular formula is C15H20ClNO3. The lowest BCUT2D eigenvalue weighted by Crippen LogP contribution is -2.49. The van der Waals surface area contributed by atoms with Crippen molar-refractivity contribution >= 4 is 18.2 Å². The number of nitrogens with one attached hydrogen (secondary N) is 1.